The second kappa shape index (κ2) is 6.92. The third-order valence-electron chi connectivity index (χ3n) is 2.49. The van der Waals surface area contributed by atoms with Crippen LogP contribution in [0.5, 0.6) is 0 Å². The third-order valence-corrected chi connectivity index (χ3v) is 2.73. The minimum Gasteiger partial charge on any atom is -0.444 e. The fourth-order valence-electron chi connectivity index (χ4n) is 1.67. The predicted molar refractivity (Wildman–Crippen MR) is 79.9 cm³/mol. The number of hydrogen-bond acceptors (Lipinski definition) is 4. The number of aliphatic hydroxyl groups excluding tert-OH is 1. The molecule has 112 valence electrons. The zero-order valence-electron chi connectivity index (χ0n) is 11.9. The highest BCUT2D eigenvalue weighted by atomic mass is 35.5. The van der Waals surface area contributed by atoms with Gasteiger partial charge in [-0.3, -0.25) is 5.32 Å². The number of carbonyl (C=O) groups excluding carboxylic acids is 1. The van der Waals surface area contributed by atoms with E-state index in [0.29, 0.717) is 22.7 Å². The van der Waals surface area contributed by atoms with E-state index in [0.717, 1.165) is 0 Å². The Morgan fingerprint density at radius 2 is 2.15 bits per heavy atom. The summed E-state index contributed by atoms with van der Waals surface area (Å²) in [6.07, 6.45) is -0.179. The Bertz CT molecular complexity index is 472. The van der Waals surface area contributed by atoms with Crippen molar-refractivity contribution in [2.75, 3.05) is 11.9 Å². The lowest BCUT2D eigenvalue weighted by Gasteiger charge is -2.21. The van der Waals surface area contributed by atoms with Crippen LogP contribution in [0.25, 0.3) is 0 Å². The van der Waals surface area contributed by atoms with E-state index in [1.54, 1.807) is 39.0 Å². The molecule has 0 fully saturated rings. The van der Waals surface area contributed by atoms with Crippen molar-refractivity contribution in [2.24, 2.45) is 5.73 Å². The van der Waals surface area contributed by atoms with Gasteiger partial charge in [-0.15, -0.1) is 0 Å². The van der Waals surface area contributed by atoms with Gasteiger partial charge in [-0.1, -0.05) is 17.7 Å². The van der Waals surface area contributed by atoms with Gasteiger partial charge in [0.1, 0.15) is 5.60 Å². The highest BCUT2D eigenvalue weighted by Gasteiger charge is 2.19. The third kappa shape index (κ3) is 5.36. The van der Waals surface area contributed by atoms with Gasteiger partial charge < -0.3 is 15.6 Å². The lowest BCUT2D eigenvalue weighted by Crippen LogP contribution is -2.28. The number of ether oxygens (including phenoxy) is 1. The van der Waals surface area contributed by atoms with Gasteiger partial charge in [-0.05, 0) is 44.9 Å². The maximum atomic E-state index is 11.8. The van der Waals surface area contributed by atoms with Crippen molar-refractivity contribution >= 4 is 23.4 Å². The van der Waals surface area contributed by atoms with Crippen molar-refractivity contribution in [1.82, 2.24) is 0 Å². The fourth-order valence-corrected chi connectivity index (χ4v) is 1.84. The maximum absolute atomic E-state index is 11.8. The molecular formula is C14H21ClN2O3. The number of aliphatic hydroxyl groups is 1. The molecule has 1 amide bonds. The summed E-state index contributed by atoms with van der Waals surface area (Å²) in [6.45, 7) is 5.31. The molecule has 0 aliphatic heterocycles. The average Bonchev–Trinajstić information content (AvgIpc) is 2.26. The summed E-state index contributed by atoms with van der Waals surface area (Å²) in [5.41, 5.74) is 6.57. The Morgan fingerprint density at radius 1 is 1.50 bits per heavy atom. The molecule has 6 heteroatoms. The van der Waals surface area contributed by atoms with Crippen molar-refractivity contribution in [3.8, 4) is 0 Å². The van der Waals surface area contributed by atoms with Crippen LogP contribution in [-0.2, 0) is 4.74 Å². The van der Waals surface area contributed by atoms with Crippen molar-refractivity contribution < 1.29 is 14.6 Å². The smallest absolute Gasteiger partial charge is 0.412 e. The first-order valence-electron chi connectivity index (χ1n) is 6.39. The molecule has 1 aromatic rings. The van der Waals surface area contributed by atoms with E-state index >= 15 is 0 Å². The monoisotopic (exact) mass is 300 g/mol. The van der Waals surface area contributed by atoms with Crippen molar-refractivity contribution in [3.63, 3.8) is 0 Å². The molecule has 1 rings (SSSR count). The molecular weight excluding hydrogens is 280 g/mol. The van der Waals surface area contributed by atoms with Crippen LogP contribution in [0.3, 0.4) is 0 Å². The molecule has 1 atom stereocenters. The molecule has 1 aromatic carbocycles. The van der Waals surface area contributed by atoms with Crippen LogP contribution in [0, 0.1) is 0 Å². The number of nitrogens with one attached hydrogen (secondary N) is 1. The minimum atomic E-state index is -0.587. The van der Waals surface area contributed by atoms with Crippen LogP contribution in [0.15, 0.2) is 18.2 Å². The van der Waals surface area contributed by atoms with Crippen LogP contribution >= 0.6 is 11.6 Å². The average molecular weight is 301 g/mol. The van der Waals surface area contributed by atoms with E-state index in [1.165, 1.54) is 0 Å². The van der Waals surface area contributed by atoms with Crippen LogP contribution in [0.1, 0.15) is 38.8 Å². The van der Waals surface area contributed by atoms with Gasteiger partial charge in [0.25, 0.3) is 0 Å². The van der Waals surface area contributed by atoms with E-state index in [-0.39, 0.29) is 12.6 Å². The summed E-state index contributed by atoms with van der Waals surface area (Å²) in [4.78, 5) is 11.8. The number of carbonyl (C=O) groups is 1. The second-order valence-corrected chi connectivity index (χ2v) is 5.91. The molecule has 0 heterocycles. The number of amides is 1. The molecule has 1 unspecified atom stereocenters. The summed E-state index contributed by atoms with van der Waals surface area (Å²) in [7, 11) is 0. The van der Waals surface area contributed by atoms with Crippen LogP contribution in [-0.4, -0.2) is 23.4 Å². The van der Waals surface area contributed by atoms with Gasteiger partial charge in [0, 0.05) is 17.7 Å². The maximum Gasteiger partial charge on any atom is 0.412 e. The molecule has 0 radical (unpaired) electrons. The molecule has 0 saturated heterocycles. The Labute approximate surface area is 124 Å². The highest BCUT2D eigenvalue weighted by molar-refractivity contribution is 6.31. The van der Waals surface area contributed by atoms with Crippen molar-refractivity contribution in [3.05, 3.63) is 28.8 Å². The standard InChI is InChI=1S/C14H21ClN2O3/c1-14(2,3)20-13(19)17-12-8-9(15)4-5-10(12)11(16)6-7-18/h4-5,8,11,18H,6-7,16H2,1-3H3,(H,17,19). The Kier molecular flexibility index (Phi) is 5.80. The van der Waals surface area contributed by atoms with Crippen molar-refractivity contribution in [2.45, 2.75) is 38.8 Å². The second-order valence-electron chi connectivity index (χ2n) is 5.48. The Morgan fingerprint density at radius 3 is 2.70 bits per heavy atom. The first-order valence-corrected chi connectivity index (χ1v) is 6.76. The highest BCUT2D eigenvalue weighted by Crippen LogP contribution is 2.27. The summed E-state index contributed by atoms with van der Waals surface area (Å²) in [5.74, 6) is 0. The summed E-state index contributed by atoms with van der Waals surface area (Å²) in [6, 6.07) is 4.64. The predicted octanol–water partition coefficient (Wildman–Crippen LogP) is 3.07. The molecule has 4 N–H and O–H groups in total. The van der Waals surface area contributed by atoms with Crippen LogP contribution in [0.4, 0.5) is 10.5 Å². The zero-order chi connectivity index (χ0) is 15.3. The molecule has 0 spiro atoms. The van der Waals surface area contributed by atoms with Crippen molar-refractivity contribution in [1.29, 1.82) is 0 Å². The number of halogens is 1. The molecule has 0 aromatic heterocycles. The lowest BCUT2D eigenvalue weighted by atomic mass is 10.0. The van der Waals surface area contributed by atoms with E-state index in [1.807, 2.05) is 0 Å². The van der Waals surface area contributed by atoms with E-state index in [9.17, 15) is 4.79 Å². The summed E-state index contributed by atoms with van der Waals surface area (Å²) in [5, 5.41) is 12.1. The Balaban J connectivity index is 2.92. The van der Waals surface area contributed by atoms with E-state index in [2.05, 4.69) is 5.32 Å². The van der Waals surface area contributed by atoms with Gasteiger partial charge in [-0.25, -0.2) is 4.79 Å². The number of nitrogens with two attached hydrogens (primary N) is 1. The lowest BCUT2D eigenvalue weighted by molar-refractivity contribution is 0.0636. The quantitative estimate of drug-likeness (QED) is 0.798. The first-order chi connectivity index (χ1) is 9.23. The topological polar surface area (TPSA) is 84.6 Å². The molecule has 0 saturated carbocycles. The van der Waals surface area contributed by atoms with Gasteiger partial charge in [-0.2, -0.15) is 0 Å². The Hall–Kier alpha value is -1.30. The number of benzene rings is 1. The molecule has 20 heavy (non-hydrogen) atoms. The number of hydrogen-bond donors (Lipinski definition) is 3. The van der Waals surface area contributed by atoms with Gasteiger partial charge in [0.2, 0.25) is 0 Å². The zero-order valence-corrected chi connectivity index (χ0v) is 12.7. The molecule has 0 aliphatic carbocycles. The SMILES string of the molecule is CC(C)(C)OC(=O)Nc1cc(Cl)ccc1C(N)CCO. The van der Waals surface area contributed by atoms with Crippen LogP contribution < -0.4 is 11.1 Å². The summed E-state index contributed by atoms with van der Waals surface area (Å²) >= 11 is 5.93. The van der Waals surface area contributed by atoms with E-state index < -0.39 is 11.7 Å². The van der Waals surface area contributed by atoms with E-state index in [4.69, 9.17) is 27.2 Å². The number of anilines is 1. The summed E-state index contributed by atoms with van der Waals surface area (Å²) < 4.78 is 5.19. The van der Waals surface area contributed by atoms with Gasteiger partial charge >= 0.3 is 6.09 Å². The van der Waals surface area contributed by atoms with Crippen LogP contribution in [0.2, 0.25) is 5.02 Å². The fraction of sp³-hybridized carbons (Fsp3) is 0.500. The minimum absolute atomic E-state index is 0.0321. The largest absolute Gasteiger partial charge is 0.444 e. The first kappa shape index (κ1) is 16.8. The number of rotatable bonds is 4. The van der Waals surface area contributed by atoms with Gasteiger partial charge in [0.15, 0.2) is 0 Å². The normalized spacial score (nSPS) is 12.9. The molecule has 5 nitrogen and oxygen atoms in total. The molecule has 0 aliphatic rings. The molecule has 0 bridgehead atoms. The van der Waals surface area contributed by atoms with Gasteiger partial charge in [0.05, 0.1) is 5.69 Å².